The molecule has 0 bridgehead atoms. The normalized spacial score (nSPS) is 25.2. The molecule has 1 N–H and O–H groups in total. The lowest BCUT2D eigenvalue weighted by Gasteiger charge is -2.40. The first-order valence-electron chi connectivity index (χ1n) is 6.54. The van der Waals surface area contributed by atoms with Crippen LogP contribution in [0.25, 0.3) is 0 Å². The fourth-order valence-corrected chi connectivity index (χ4v) is 2.89. The lowest BCUT2D eigenvalue weighted by molar-refractivity contribution is 0.0665. The van der Waals surface area contributed by atoms with E-state index in [9.17, 15) is 10.4 Å². The molecule has 94 valence electrons. The predicted octanol–water partition coefficient (Wildman–Crippen LogP) is 1.40. The second-order valence-corrected chi connectivity index (χ2v) is 5.25. The maximum absolute atomic E-state index is 9.74. The van der Waals surface area contributed by atoms with E-state index in [0.717, 1.165) is 43.6 Å². The molecule has 0 spiro atoms. The summed E-state index contributed by atoms with van der Waals surface area (Å²) in [5, 5.41) is 19.0. The third-order valence-electron chi connectivity index (χ3n) is 4.19. The number of aliphatic hydroxyl groups excluding tert-OH is 1. The van der Waals surface area contributed by atoms with Crippen molar-refractivity contribution in [1.29, 1.82) is 5.26 Å². The zero-order valence-electron chi connectivity index (χ0n) is 10.6. The Kier molecular flexibility index (Phi) is 2.71. The highest BCUT2D eigenvalue weighted by Gasteiger charge is 2.34. The summed E-state index contributed by atoms with van der Waals surface area (Å²) >= 11 is 0. The number of aliphatic hydroxyl groups is 1. The summed E-state index contributed by atoms with van der Waals surface area (Å²) in [6.45, 7) is 0. The lowest BCUT2D eigenvalue weighted by Crippen LogP contribution is -2.49. The molecule has 1 aromatic rings. The molecule has 2 unspecified atom stereocenters. The Morgan fingerprint density at radius 3 is 2.89 bits per heavy atom. The molecule has 1 heterocycles. The molecule has 0 aromatic carbocycles. The second kappa shape index (κ2) is 4.25. The van der Waals surface area contributed by atoms with E-state index in [0.29, 0.717) is 5.56 Å². The molecule has 1 fully saturated rings. The molecule has 18 heavy (non-hydrogen) atoms. The zero-order valence-corrected chi connectivity index (χ0v) is 10.6. The van der Waals surface area contributed by atoms with Crippen molar-refractivity contribution in [3.8, 4) is 6.07 Å². The third-order valence-corrected chi connectivity index (χ3v) is 4.19. The summed E-state index contributed by atoms with van der Waals surface area (Å²) in [7, 11) is 1.93. The number of rotatable bonds is 2. The molecule has 4 nitrogen and oxygen atoms in total. The van der Waals surface area contributed by atoms with Crippen LogP contribution in [0.5, 0.6) is 0 Å². The fraction of sp³-hybridized carbons (Fsp3) is 0.571. The van der Waals surface area contributed by atoms with Crippen LogP contribution in [0.1, 0.15) is 36.1 Å². The molecule has 2 aliphatic carbocycles. The summed E-state index contributed by atoms with van der Waals surface area (Å²) in [5.74, 6) is 0.738. The summed E-state index contributed by atoms with van der Waals surface area (Å²) in [5.41, 5.74) is 2.99. The minimum absolute atomic E-state index is 0.115. The van der Waals surface area contributed by atoms with Crippen LogP contribution in [-0.4, -0.2) is 29.3 Å². The number of pyridine rings is 1. The van der Waals surface area contributed by atoms with Crippen molar-refractivity contribution in [2.45, 2.75) is 44.2 Å². The number of nitriles is 1. The number of hydrogen-bond donors (Lipinski definition) is 1. The fourth-order valence-electron chi connectivity index (χ4n) is 2.89. The summed E-state index contributed by atoms with van der Waals surface area (Å²) in [6.07, 6.45) is 4.72. The Bertz CT molecular complexity index is 521. The van der Waals surface area contributed by atoms with Crippen LogP contribution in [0, 0.1) is 11.3 Å². The number of aryl methyl sites for hydroxylation is 2. The van der Waals surface area contributed by atoms with Crippen molar-refractivity contribution < 1.29 is 5.11 Å². The minimum Gasteiger partial charge on any atom is -0.391 e. The largest absolute Gasteiger partial charge is 0.391 e. The maximum Gasteiger partial charge on any atom is 0.146 e. The maximum atomic E-state index is 9.74. The number of aromatic nitrogens is 1. The van der Waals surface area contributed by atoms with Gasteiger partial charge in [-0.1, -0.05) is 0 Å². The number of hydrogen-bond acceptors (Lipinski definition) is 4. The molecule has 0 radical (unpaired) electrons. The first-order chi connectivity index (χ1) is 8.70. The molecule has 0 amide bonds. The van der Waals surface area contributed by atoms with Gasteiger partial charge >= 0.3 is 0 Å². The van der Waals surface area contributed by atoms with E-state index in [1.165, 1.54) is 5.56 Å². The van der Waals surface area contributed by atoms with Gasteiger partial charge in [0.2, 0.25) is 0 Å². The van der Waals surface area contributed by atoms with Gasteiger partial charge in [0.15, 0.2) is 0 Å². The van der Waals surface area contributed by atoms with Crippen LogP contribution in [-0.2, 0) is 12.8 Å². The Hall–Kier alpha value is -1.60. The minimum atomic E-state index is -0.281. The quantitative estimate of drug-likeness (QED) is 0.853. The number of fused-ring (bicyclic) bond motifs is 1. The molecule has 3 rings (SSSR count). The molecule has 1 saturated carbocycles. The molecule has 2 aliphatic rings. The van der Waals surface area contributed by atoms with Gasteiger partial charge in [0, 0.05) is 12.7 Å². The van der Waals surface area contributed by atoms with Crippen molar-refractivity contribution in [2.24, 2.45) is 0 Å². The van der Waals surface area contributed by atoms with Crippen LogP contribution in [0.4, 0.5) is 5.82 Å². The number of nitrogens with zero attached hydrogens (tertiary/aromatic N) is 3. The van der Waals surface area contributed by atoms with Crippen molar-refractivity contribution in [3.05, 3.63) is 22.9 Å². The average molecular weight is 243 g/mol. The van der Waals surface area contributed by atoms with Gasteiger partial charge in [0.1, 0.15) is 11.9 Å². The Balaban J connectivity index is 1.98. The SMILES string of the molecule is CN(c1nc2c(cc1C#N)CCC2)C1CCC1O. The monoisotopic (exact) mass is 243 g/mol. The Labute approximate surface area is 107 Å². The molecular formula is C14H17N3O. The smallest absolute Gasteiger partial charge is 0.146 e. The standard InChI is InChI=1S/C14H17N3O/c1-17(12-5-6-13(12)18)14-10(8-15)7-9-3-2-4-11(9)16-14/h7,12-13,18H,2-6H2,1H3. The van der Waals surface area contributed by atoms with Crippen LogP contribution in [0.15, 0.2) is 6.07 Å². The summed E-state index contributed by atoms with van der Waals surface area (Å²) in [6, 6.07) is 4.33. The van der Waals surface area contributed by atoms with Gasteiger partial charge in [0.25, 0.3) is 0 Å². The predicted molar refractivity (Wildman–Crippen MR) is 68.4 cm³/mol. The zero-order chi connectivity index (χ0) is 12.7. The van der Waals surface area contributed by atoms with Crippen molar-refractivity contribution in [3.63, 3.8) is 0 Å². The summed E-state index contributed by atoms with van der Waals surface area (Å²) in [4.78, 5) is 6.63. The first kappa shape index (κ1) is 11.5. The van der Waals surface area contributed by atoms with Crippen molar-refractivity contribution >= 4 is 5.82 Å². The second-order valence-electron chi connectivity index (χ2n) is 5.25. The van der Waals surface area contributed by atoms with Crippen LogP contribution >= 0.6 is 0 Å². The van der Waals surface area contributed by atoms with E-state index < -0.39 is 0 Å². The molecular weight excluding hydrogens is 226 g/mol. The highest BCUT2D eigenvalue weighted by Crippen LogP contribution is 2.32. The van der Waals surface area contributed by atoms with E-state index in [1.807, 2.05) is 18.0 Å². The van der Waals surface area contributed by atoms with E-state index in [1.54, 1.807) is 0 Å². The van der Waals surface area contributed by atoms with Gasteiger partial charge in [-0.05, 0) is 43.7 Å². The average Bonchev–Trinajstić information content (AvgIpc) is 2.82. The van der Waals surface area contributed by atoms with Gasteiger partial charge < -0.3 is 10.0 Å². The van der Waals surface area contributed by atoms with Crippen LogP contribution in [0.3, 0.4) is 0 Å². The molecule has 0 aliphatic heterocycles. The number of likely N-dealkylation sites (N-methyl/N-ethyl adjacent to an activating group) is 1. The van der Waals surface area contributed by atoms with E-state index >= 15 is 0 Å². The molecule has 2 atom stereocenters. The van der Waals surface area contributed by atoms with Gasteiger partial charge in [0.05, 0.1) is 17.7 Å². The topological polar surface area (TPSA) is 60.2 Å². The van der Waals surface area contributed by atoms with Crippen LogP contribution in [0.2, 0.25) is 0 Å². The van der Waals surface area contributed by atoms with Gasteiger partial charge in [-0.3, -0.25) is 0 Å². The van der Waals surface area contributed by atoms with E-state index in [2.05, 4.69) is 11.1 Å². The number of anilines is 1. The molecule has 1 aromatic heterocycles. The highest BCUT2D eigenvalue weighted by molar-refractivity contribution is 5.57. The third kappa shape index (κ3) is 1.67. The highest BCUT2D eigenvalue weighted by atomic mass is 16.3. The Morgan fingerprint density at radius 2 is 2.28 bits per heavy atom. The van der Waals surface area contributed by atoms with Crippen LogP contribution < -0.4 is 4.90 Å². The van der Waals surface area contributed by atoms with E-state index in [-0.39, 0.29) is 12.1 Å². The Morgan fingerprint density at radius 1 is 1.44 bits per heavy atom. The lowest BCUT2D eigenvalue weighted by atomic mass is 9.88. The first-order valence-corrected chi connectivity index (χ1v) is 6.54. The van der Waals surface area contributed by atoms with E-state index in [4.69, 9.17) is 0 Å². The van der Waals surface area contributed by atoms with Gasteiger partial charge in [-0.15, -0.1) is 0 Å². The molecule has 4 heteroatoms. The van der Waals surface area contributed by atoms with Gasteiger partial charge in [-0.25, -0.2) is 4.98 Å². The van der Waals surface area contributed by atoms with Crippen molar-refractivity contribution in [2.75, 3.05) is 11.9 Å². The van der Waals surface area contributed by atoms with Gasteiger partial charge in [-0.2, -0.15) is 5.26 Å². The summed E-state index contributed by atoms with van der Waals surface area (Å²) < 4.78 is 0. The molecule has 0 saturated heterocycles. The van der Waals surface area contributed by atoms with Crippen molar-refractivity contribution in [1.82, 2.24) is 4.98 Å².